The van der Waals surface area contributed by atoms with Crippen molar-refractivity contribution in [1.82, 2.24) is 0 Å². The Hall–Kier alpha value is -1.13. The molecule has 1 aromatic carbocycles. The van der Waals surface area contributed by atoms with Crippen molar-refractivity contribution in [3.63, 3.8) is 0 Å². The van der Waals surface area contributed by atoms with Crippen LogP contribution in [0.4, 0.5) is 4.39 Å². The lowest BCUT2D eigenvalue weighted by Gasteiger charge is -2.27. The normalized spacial score (nSPS) is 14.8. The summed E-state index contributed by atoms with van der Waals surface area (Å²) in [7, 11) is 1.56. The Bertz CT molecular complexity index is 376. The van der Waals surface area contributed by atoms with Crippen LogP contribution in [-0.2, 0) is 10.3 Å². The van der Waals surface area contributed by atoms with E-state index in [4.69, 9.17) is 15.2 Å². The average Bonchev–Trinajstić information content (AvgIpc) is 2.30. The maximum Gasteiger partial charge on any atom is 0.165 e. The van der Waals surface area contributed by atoms with Crippen molar-refractivity contribution >= 4 is 0 Å². The molecule has 17 heavy (non-hydrogen) atoms. The first kappa shape index (κ1) is 13.9. The summed E-state index contributed by atoms with van der Waals surface area (Å²) in [5, 5.41) is 0. The van der Waals surface area contributed by atoms with Gasteiger partial charge in [0, 0.05) is 13.7 Å². The zero-order chi connectivity index (χ0) is 13.1. The van der Waals surface area contributed by atoms with Gasteiger partial charge in [0.25, 0.3) is 0 Å². The van der Waals surface area contributed by atoms with Gasteiger partial charge in [-0.25, -0.2) is 4.39 Å². The average molecular weight is 241 g/mol. The highest BCUT2D eigenvalue weighted by molar-refractivity contribution is 5.32. The van der Waals surface area contributed by atoms with Crippen LogP contribution in [-0.4, -0.2) is 19.8 Å². The van der Waals surface area contributed by atoms with Crippen LogP contribution in [0.2, 0.25) is 0 Å². The molecule has 3 nitrogen and oxygen atoms in total. The van der Waals surface area contributed by atoms with Crippen LogP contribution in [0.3, 0.4) is 0 Å². The molecular weight excluding hydrogens is 221 g/mol. The Labute approximate surface area is 102 Å². The molecule has 4 heteroatoms. The lowest BCUT2D eigenvalue weighted by molar-refractivity contribution is 0.00976. The molecule has 0 bridgehead atoms. The van der Waals surface area contributed by atoms with Crippen molar-refractivity contribution < 1.29 is 13.9 Å². The highest BCUT2D eigenvalue weighted by Gasteiger charge is 2.25. The molecule has 1 atom stereocenters. The number of hydrogen-bond donors (Lipinski definition) is 1. The molecule has 2 N–H and O–H groups in total. The molecule has 0 radical (unpaired) electrons. The summed E-state index contributed by atoms with van der Waals surface area (Å²) in [6.45, 7) is 5.82. The van der Waals surface area contributed by atoms with Crippen LogP contribution in [0.15, 0.2) is 18.2 Å². The van der Waals surface area contributed by atoms with Gasteiger partial charge in [-0.2, -0.15) is 0 Å². The molecule has 96 valence electrons. The molecule has 0 fully saturated rings. The standard InChI is InChI=1S/C13H20FNO2/c1-9(2)17-12-6-5-10(7-11(12)14)13(3,8-15)16-4/h5-7,9H,8,15H2,1-4H3. The third-order valence-corrected chi connectivity index (χ3v) is 2.75. The second kappa shape index (κ2) is 5.47. The Kier molecular flexibility index (Phi) is 4.48. The minimum atomic E-state index is -0.669. The van der Waals surface area contributed by atoms with E-state index >= 15 is 0 Å². The van der Waals surface area contributed by atoms with Crippen LogP contribution in [0.1, 0.15) is 26.3 Å². The predicted octanol–water partition coefficient (Wildman–Crippen LogP) is 2.43. The van der Waals surface area contributed by atoms with E-state index < -0.39 is 11.4 Å². The lowest BCUT2D eigenvalue weighted by Crippen LogP contribution is -2.33. The first-order valence-electron chi connectivity index (χ1n) is 5.65. The molecule has 0 spiro atoms. The van der Waals surface area contributed by atoms with Gasteiger partial charge in [0.1, 0.15) is 5.60 Å². The Morgan fingerprint density at radius 1 is 1.41 bits per heavy atom. The van der Waals surface area contributed by atoms with Gasteiger partial charge >= 0.3 is 0 Å². The molecule has 0 saturated carbocycles. The topological polar surface area (TPSA) is 44.5 Å². The molecule has 1 aromatic rings. The highest BCUT2D eigenvalue weighted by Crippen LogP contribution is 2.28. The predicted molar refractivity (Wildman–Crippen MR) is 65.6 cm³/mol. The van der Waals surface area contributed by atoms with Gasteiger partial charge in [0.15, 0.2) is 11.6 Å². The Balaban J connectivity index is 3.03. The summed E-state index contributed by atoms with van der Waals surface area (Å²) in [5.41, 5.74) is 5.68. The number of halogens is 1. The van der Waals surface area contributed by atoms with E-state index in [1.165, 1.54) is 6.07 Å². The first-order chi connectivity index (χ1) is 7.92. The number of ether oxygens (including phenoxy) is 2. The maximum absolute atomic E-state index is 13.8. The van der Waals surface area contributed by atoms with Crippen LogP contribution < -0.4 is 10.5 Å². The fourth-order valence-corrected chi connectivity index (χ4v) is 1.50. The fraction of sp³-hybridized carbons (Fsp3) is 0.538. The minimum Gasteiger partial charge on any atom is -0.488 e. The second-order valence-electron chi connectivity index (χ2n) is 4.45. The van der Waals surface area contributed by atoms with E-state index in [1.54, 1.807) is 19.2 Å². The van der Waals surface area contributed by atoms with Gasteiger partial charge in [0.2, 0.25) is 0 Å². The van der Waals surface area contributed by atoms with Crippen LogP contribution in [0, 0.1) is 5.82 Å². The van der Waals surface area contributed by atoms with Gasteiger partial charge in [-0.05, 0) is 38.5 Å². The van der Waals surface area contributed by atoms with E-state index in [0.717, 1.165) is 0 Å². The highest BCUT2D eigenvalue weighted by atomic mass is 19.1. The van der Waals surface area contributed by atoms with Gasteiger partial charge in [-0.15, -0.1) is 0 Å². The zero-order valence-corrected chi connectivity index (χ0v) is 10.8. The van der Waals surface area contributed by atoms with Crippen molar-refractivity contribution in [3.05, 3.63) is 29.6 Å². The quantitative estimate of drug-likeness (QED) is 0.861. The molecule has 0 aromatic heterocycles. The summed E-state index contributed by atoms with van der Waals surface area (Å²) >= 11 is 0. The maximum atomic E-state index is 13.8. The summed E-state index contributed by atoms with van der Waals surface area (Å²) in [6.07, 6.45) is -0.0568. The van der Waals surface area contributed by atoms with E-state index in [0.29, 0.717) is 5.56 Å². The smallest absolute Gasteiger partial charge is 0.165 e. The van der Waals surface area contributed by atoms with Gasteiger partial charge < -0.3 is 15.2 Å². The molecule has 0 aliphatic carbocycles. The Morgan fingerprint density at radius 2 is 2.06 bits per heavy atom. The molecule has 0 saturated heterocycles. The second-order valence-corrected chi connectivity index (χ2v) is 4.45. The van der Waals surface area contributed by atoms with E-state index in [1.807, 2.05) is 20.8 Å². The van der Waals surface area contributed by atoms with Gasteiger partial charge in [-0.1, -0.05) is 6.07 Å². The largest absolute Gasteiger partial charge is 0.488 e. The monoisotopic (exact) mass is 241 g/mol. The minimum absolute atomic E-state index is 0.0568. The van der Waals surface area contributed by atoms with Crippen molar-refractivity contribution in [2.75, 3.05) is 13.7 Å². The number of hydrogen-bond acceptors (Lipinski definition) is 3. The van der Waals surface area contributed by atoms with Crippen LogP contribution >= 0.6 is 0 Å². The molecule has 0 aliphatic heterocycles. The molecule has 1 rings (SSSR count). The summed E-state index contributed by atoms with van der Waals surface area (Å²) in [4.78, 5) is 0. The van der Waals surface area contributed by atoms with Crippen molar-refractivity contribution in [2.24, 2.45) is 5.73 Å². The third kappa shape index (κ3) is 3.17. The number of benzene rings is 1. The summed E-state index contributed by atoms with van der Waals surface area (Å²) in [6, 6.07) is 4.79. The van der Waals surface area contributed by atoms with Crippen molar-refractivity contribution in [1.29, 1.82) is 0 Å². The molecule has 1 unspecified atom stereocenters. The Morgan fingerprint density at radius 3 is 2.47 bits per heavy atom. The molecular formula is C13H20FNO2. The molecule has 0 amide bonds. The van der Waals surface area contributed by atoms with Gasteiger partial charge in [-0.3, -0.25) is 0 Å². The fourth-order valence-electron chi connectivity index (χ4n) is 1.50. The van der Waals surface area contributed by atoms with E-state index in [9.17, 15) is 4.39 Å². The van der Waals surface area contributed by atoms with Crippen LogP contribution in [0.25, 0.3) is 0 Å². The first-order valence-corrected chi connectivity index (χ1v) is 5.65. The van der Waals surface area contributed by atoms with E-state index in [-0.39, 0.29) is 18.4 Å². The lowest BCUT2D eigenvalue weighted by atomic mass is 9.95. The van der Waals surface area contributed by atoms with Crippen molar-refractivity contribution in [2.45, 2.75) is 32.5 Å². The number of rotatable bonds is 5. The molecule has 0 heterocycles. The van der Waals surface area contributed by atoms with Gasteiger partial charge in [0.05, 0.1) is 6.10 Å². The van der Waals surface area contributed by atoms with E-state index in [2.05, 4.69) is 0 Å². The third-order valence-electron chi connectivity index (χ3n) is 2.75. The SMILES string of the molecule is COC(C)(CN)c1ccc(OC(C)C)c(F)c1. The number of nitrogens with two attached hydrogens (primary N) is 1. The van der Waals surface area contributed by atoms with Crippen LogP contribution in [0.5, 0.6) is 5.75 Å². The molecule has 0 aliphatic rings. The van der Waals surface area contributed by atoms with Crippen molar-refractivity contribution in [3.8, 4) is 5.75 Å². The summed E-state index contributed by atoms with van der Waals surface area (Å²) in [5.74, 6) is -0.146. The summed E-state index contributed by atoms with van der Waals surface area (Å²) < 4.78 is 24.4. The zero-order valence-electron chi connectivity index (χ0n) is 10.8. The number of methoxy groups -OCH3 is 1.